The van der Waals surface area contributed by atoms with Gasteiger partial charge in [0.15, 0.2) is 0 Å². The smallest absolute Gasteiger partial charge is 0.128 e. The number of hydrogen-bond donors (Lipinski definition) is 1. The zero-order chi connectivity index (χ0) is 12.9. The second-order valence-electron chi connectivity index (χ2n) is 5.59. The molecule has 0 spiro atoms. The molecule has 2 saturated heterocycles. The van der Waals surface area contributed by atoms with Crippen molar-refractivity contribution in [2.24, 2.45) is 5.92 Å². The zero-order valence-electron chi connectivity index (χ0n) is 11.4. The van der Waals surface area contributed by atoms with Gasteiger partial charge in [0, 0.05) is 25.3 Å². The molecule has 0 saturated carbocycles. The molecule has 0 radical (unpaired) electrons. The molecule has 1 unspecified atom stereocenters. The van der Waals surface area contributed by atoms with E-state index in [9.17, 15) is 0 Å². The van der Waals surface area contributed by atoms with Crippen LogP contribution in [0.3, 0.4) is 0 Å². The van der Waals surface area contributed by atoms with Crippen LogP contribution in [0.2, 0.25) is 0 Å². The summed E-state index contributed by atoms with van der Waals surface area (Å²) in [6.07, 6.45) is 5.79. The summed E-state index contributed by atoms with van der Waals surface area (Å²) in [5.41, 5.74) is 0. The van der Waals surface area contributed by atoms with Gasteiger partial charge in [-0.2, -0.15) is 11.8 Å². The van der Waals surface area contributed by atoms with Crippen molar-refractivity contribution in [3.63, 3.8) is 0 Å². The van der Waals surface area contributed by atoms with Crippen LogP contribution in [0.4, 0.5) is 5.82 Å². The Balaban J connectivity index is 1.42. The average molecular weight is 277 g/mol. The quantitative estimate of drug-likeness (QED) is 0.915. The minimum Gasteiger partial charge on any atom is -0.357 e. The molecule has 1 atom stereocenters. The Morgan fingerprint density at radius 3 is 2.84 bits per heavy atom. The molecule has 1 aromatic heterocycles. The maximum absolute atomic E-state index is 4.44. The lowest BCUT2D eigenvalue weighted by atomic mass is 10.0. The predicted molar refractivity (Wildman–Crippen MR) is 82.9 cm³/mol. The van der Waals surface area contributed by atoms with E-state index in [0.717, 1.165) is 24.8 Å². The lowest BCUT2D eigenvalue weighted by Crippen LogP contribution is -2.44. The Hall–Kier alpha value is -0.740. The van der Waals surface area contributed by atoms with Gasteiger partial charge in [-0.15, -0.1) is 0 Å². The molecule has 0 bridgehead atoms. The van der Waals surface area contributed by atoms with Crippen LogP contribution in [0, 0.1) is 5.92 Å². The number of nitrogens with one attached hydrogen (secondary N) is 1. The minimum atomic E-state index is 0.713. The molecule has 3 nitrogen and oxygen atoms in total. The predicted octanol–water partition coefficient (Wildman–Crippen LogP) is 2.39. The van der Waals surface area contributed by atoms with E-state index in [1.807, 2.05) is 12.3 Å². The largest absolute Gasteiger partial charge is 0.357 e. The molecule has 19 heavy (non-hydrogen) atoms. The van der Waals surface area contributed by atoms with E-state index in [-0.39, 0.29) is 0 Å². The zero-order valence-corrected chi connectivity index (χ0v) is 12.2. The topological polar surface area (TPSA) is 28.2 Å². The SMILES string of the molecule is c1ccc(N2CCC(NCC3CCSC3)CC2)nc1. The van der Waals surface area contributed by atoms with E-state index in [2.05, 4.69) is 39.1 Å². The van der Waals surface area contributed by atoms with Crippen LogP contribution < -0.4 is 10.2 Å². The van der Waals surface area contributed by atoms with E-state index < -0.39 is 0 Å². The second kappa shape index (κ2) is 6.62. The van der Waals surface area contributed by atoms with Crippen molar-refractivity contribution in [2.75, 3.05) is 36.0 Å². The van der Waals surface area contributed by atoms with E-state index in [4.69, 9.17) is 0 Å². The molecule has 3 heterocycles. The highest BCUT2D eigenvalue weighted by Crippen LogP contribution is 2.23. The third kappa shape index (κ3) is 3.63. The maximum atomic E-state index is 4.44. The van der Waals surface area contributed by atoms with E-state index >= 15 is 0 Å². The molecule has 104 valence electrons. The van der Waals surface area contributed by atoms with Gasteiger partial charge in [-0.05, 0) is 55.4 Å². The highest BCUT2D eigenvalue weighted by molar-refractivity contribution is 7.99. The summed E-state index contributed by atoms with van der Waals surface area (Å²) >= 11 is 2.11. The average Bonchev–Trinajstić information content (AvgIpc) is 3.00. The summed E-state index contributed by atoms with van der Waals surface area (Å²) in [6, 6.07) is 6.89. The number of piperidine rings is 1. The van der Waals surface area contributed by atoms with Crippen LogP contribution in [-0.4, -0.2) is 42.2 Å². The van der Waals surface area contributed by atoms with Crippen molar-refractivity contribution < 1.29 is 0 Å². The summed E-state index contributed by atoms with van der Waals surface area (Å²) in [7, 11) is 0. The first-order chi connectivity index (χ1) is 9.42. The van der Waals surface area contributed by atoms with Gasteiger partial charge in [0.25, 0.3) is 0 Å². The molecule has 2 aliphatic rings. The molecule has 0 amide bonds. The number of hydrogen-bond acceptors (Lipinski definition) is 4. The van der Waals surface area contributed by atoms with Gasteiger partial charge < -0.3 is 10.2 Å². The second-order valence-corrected chi connectivity index (χ2v) is 6.74. The molecular weight excluding hydrogens is 254 g/mol. The lowest BCUT2D eigenvalue weighted by molar-refractivity contribution is 0.386. The third-order valence-electron chi connectivity index (χ3n) is 4.19. The Bertz CT molecular complexity index is 370. The Morgan fingerprint density at radius 1 is 1.26 bits per heavy atom. The van der Waals surface area contributed by atoms with Crippen molar-refractivity contribution in [2.45, 2.75) is 25.3 Å². The van der Waals surface area contributed by atoms with Crippen molar-refractivity contribution in [3.8, 4) is 0 Å². The third-order valence-corrected chi connectivity index (χ3v) is 5.42. The van der Waals surface area contributed by atoms with Crippen molar-refractivity contribution in [3.05, 3.63) is 24.4 Å². The Labute approximate surface area is 120 Å². The number of thioether (sulfide) groups is 1. The van der Waals surface area contributed by atoms with Gasteiger partial charge in [0.05, 0.1) is 0 Å². The van der Waals surface area contributed by atoms with Crippen LogP contribution in [0.15, 0.2) is 24.4 Å². The molecule has 2 fully saturated rings. The highest BCUT2D eigenvalue weighted by Gasteiger charge is 2.21. The molecule has 1 N–H and O–H groups in total. The van der Waals surface area contributed by atoms with Crippen LogP contribution in [0.1, 0.15) is 19.3 Å². The van der Waals surface area contributed by atoms with Crippen molar-refractivity contribution in [1.29, 1.82) is 0 Å². The van der Waals surface area contributed by atoms with Gasteiger partial charge >= 0.3 is 0 Å². The summed E-state index contributed by atoms with van der Waals surface area (Å²) in [4.78, 5) is 6.85. The number of rotatable bonds is 4. The monoisotopic (exact) mass is 277 g/mol. The molecule has 0 aliphatic carbocycles. The van der Waals surface area contributed by atoms with Gasteiger partial charge in [0.1, 0.15) is 5.82 Å². The van der Waals surface area contributed by atoms with E-state index in [0.29, 0.717) is 6.04 Å². The van der Waals surface area contributed by atoms with Crippen LogP contribution >= 0.6 is 11.8 Å². The molecular formula is C15H23N3S. The van der Waals surface area contributed by atoms with Gasteiger partial charge in [0.2, 0.25) is 0 Å². The van der Waals surface area contributed by atoms with E-state index in [1.165, 1.54) is 37.3 Å². The summed E-state index contributed by atoms with van der Waals surface area (Å²) < 4.78 is 0. The van der Waals surface area contributed by atoms with Crippen molar-refractivity contribution in [1.82, 2.24) is 10.3 Å². The van der Waals surface area contributed by atoms with Crippen LogP contribution in [-0.2, 0) is 0 Å². The number of pyridine rings is 1. The summed E-state index contributed by atoms with van der Waals surface area (Å²) in [5.74, 6) is 4.77. The number of anilines is 1. The van der Waals surface area contributed by atoms with Gasteiger partial charge in [-0.3, -0.25) is 0 Å². The first kappa shape index (κ1) is 13.3. The molecule has 4 heteroatoms. The first-order valence-electron chi connectivity index (χ1n) is 7.39. The summed E-state index contributed by atoms with van der Waals surface area (Å²) in [5, 5.41) is 3.78. The van der Waals surface area contributed by atoms with Crippen LogP contribution in [0.5, 0.6) is 0 Å². The first-order valence-corrected chi connectivity index (χ1v) is 8.54. The highest BCUT2D eigenvalue weighted by atomic mass is 32.2. The lowest BCUT2D eigenvalue weighted by Gasteiger charge is -2.33. The Morgan fingerprint density at radius 2 is 2.16 bits per heavy atom. The Kier molecular flexibility index (Phi) is 4.62. The van der Waals surface area contributed by atoms with E-state index in [1.54, 1.807) is 0 Å². The summed E-state index contributed by atoms with van der Waals surface area (Å²) in [6.45, 7) is 3.49. The number of nitrogens with zero attached hydrogens (tertiary/aromatic N) is 2. The minimum absolute atomic E-state index is 0.713. The maximum Gasteiger partial charge on any atom is 0.128 e. The molecule has 2 aliphatic heterocycles. The van der Waals surface area contributed by atoms with Gasteiger partial charge in [-0.1, -0.05) is 6.07 Å². The number of aromatic nitrogens is 1. The van der Waals surface area contributed by atoms with Crippen LogP contribution in [0.25, 0.3) is 0 Å². The van der Waals surface area contributed by atoms with Crippen molar-refractivity contribution >= 4 is 17.6 Å². The fourth-order valence-corrected chi connectivity index (χ4v) is 4.22. The fourth-order valence-electron chi connectivity index (χ4n) is 2.93. The normalized spacial score (nSPS) is 24.8. The fraction of sp³-hybridized carbons (Fsp3) is 0.667. The molecule has 0 aromatic carbocycles. The van der Waals surface area contributed by atoms with Gasteiger partial charge in [-0.25, -0.2) is 4.98 Å². The molecule has 1 aromatic rings. The molecule has 3 rings (SSSR count). The standard InChI is InChI=1S/C15H23N3S/c1-2-7-16-15(3-1)18-8-4-14(5-9-18)17-11-13-6-10-19-12-13/h1-3,7,13-14,17H,4-6,8-12H2.